The molecule has 1 aliphatic rings. The SMILES string of the molecule is C.CC1[C@H](n2cnc3c(N)nc(-n4cc(C(=O)CN)cn4)nc32)O[C@H](CO)[C@H]1O. The van der Waals surface area contributed by atoms with Crippen molar-refractivity contribution in [2.75, 3.05) is 18.9 Å². The van der Waals surface area contributed by atoms with Crippen molar-refractivity contribution in [3.8, 4) is 5.95 Å². The average Bonchev–Trinajstić information content (AvgIpc) is 3.40. The van der Waals surface area contributed by atoms with Gasteiger partial charge < -0.3 is 26.4 Å². The molecule has 4 heterocycles. The highest BCUT2D eigenvalue weighted by Gasteiger charge is 2.42. The molecular formula is C17H24N8O4. The van der Waals surface area contributed by atoms with Gasteiger partial charge in [0.2, 0.25) is 0 Å². The van der Waals surface area contributed by atoms with Crippen molar-refractivity contribution in [1.29, 1.82) is 0 Å². The Kier molecular flexibility index (Phi) is 5.61. The van der Waals surface area contributed by atoms with Crippen LogP contribution in [0.1, 0.15) is 30.9 Å². The van der Waals surface area contributed by atoms with Crippen LogP contribution in [-0.4, -0.2) is 70.7 Å². The summed E-state index contributed by atoms with van der Waals surface area (Å²) < 4.78 is 8.72. The van der Waals surface area contributed by atoms with E-state index in [0.717, 1.165) is 0 Å². The van der Waals surface area contributed by atoms with Gasteiger partial charge in [0.15, 0.2) is 17.2 Å². The molecule has 12 nitrogen and oxygen atoms in total. The topological polar surface area (TPSA) is 180 Å². The largest absolute Gasteiger partial charge is 0.394 e. The van der Waals surface area contributed by atoms with Crippen LogP contribution in [0.15, 0.2) is 18.7 Å². The van der Waals surface area contributed by atoms with Gasteiger partial charge in [-0.15, -0.1) is 0 Å². The van der Waals surface area contributed by atoms with Crippen LogP contribution >= 0.6 is 0 Å². The van der Waals surface area contributed by atoms with Gasteiger partial charge in [0.05, 0.1) is 37.3 Å². The molecule has 156 valence electrons. The molecule has 29 heavy (non-hydrogen) atoms. The molecule has 0 radical (unpaired) electrons. The molecule has 1 fully saturated rings. The number of rotatable bonds is 5. The van der Waals surface area contributed by atoms with Crippen molar-refractivity contribution in [2.24, 2.45) is 11.7 Å². The van der Waals surface area contributed by atoms with E-state index >= 15 is 0 Å². The Bertz CT molecular complexity index is 1030. The van der Waals surface area contributed by atoms with Crippen molar-refractivity contribution in [1.82, 2.24) is 29.3 Å². The summed E-state index contributed by atoms with van der Waals surface area (Å²) in [5.41, 5.74) is 12.5. The highest BCUT2D eigenvalue weighted by molar-refractivity contribution is 5.97. The van der Waals surface area contributed by atoms with Gasteiger partial charge in [-0.25, -0.2) is 9.67 Å². The minimum absolute atomic E-state index is 0. The van der Waals surface area contributed by atoms with E-state index < -0.39 is 18.4 Å². The zero-order chi connectivity index (χ0) is 20.0. The second-order valence-electron chi connectivity index (χ2n) is 6.63. The summed E-state index contributed by atoms with van der Waals surface area (Å²) in [6.07, 6.45) is 2.22. The van der Waals surface area contributed by atoms with Crippen LogP contribution in [0.25, 0.3) is 17.1 Å². The number of Topliss-reactive ketones (excluding diaryl/α,β-unsaturated/α-hetero) is 1. The van der Waals surface area contributed by atoms with E-state index in [1.807, 2.05) is 0 Å². The lowest BCUT2D eigenvalue weighted by Gasteiger charge is -2.17. The van der Waals surface area contributed by atoms with E-state index in [0.29, 0.717) is 16.7 Å². The van der Waals surface area contributed by atoms with Crippen molar-refractivity contribution in [3.05, 3.63) is 24.3 Å². The van der Waals surface area contributed by atoms with Gasteiger partial charge in [0.1, 0.15) is 17.8 Å². The fraction of sp³-hybridized carbons (Fsp3) is 0.471. The van der Waals surface area contributed by atoms with E-state index in [-0.39, 0.29) is 44.0 Å². The predicted octanol–water partition coefficient (Wildman–Crippen LogP) is -0.742. The third-order valence-corrected chi connectivity index (χ3v) is 4.87. The number of ketones is 1. The zero-order valence-electron chi connectivity index (χ0n) is 15.0. The van der Waals surface area contributed by atoms with Gasteiger partial charge in [-0.3, -0.25) is 9.36 Å². The van der Waals surface area contributed by atoms with Gasteiger partial charge in [0.25, 0.3) is 5.95 Å². The van der Waals surface area contributed by atoms with Crippen LogP contribution in [0.5, 0.6) is 0 Å². The predicted molar refractivity (Wildman–Crippen MR) is 103 cm³/mol. The number of aliphatic hydroxyl groups is 2. The molecular weight excluding hydrogens is 380 g/mol. The number of nitrogens with two attached hydrogens (primary N) is 2. The van der Waals surface area contributed by atoms with Crippen LogP contribution in [0, 0.1) is 5.92 Å². The summed E-state index contributed by atoms with van der Waals surface area (Å²) in [4.78, 5) is 24.6. The van der Waals surface area contributed by atoms with Crippen LogP contribution in [0.4, 0.5) is 5.82 Å². The number of hydrogen-bond acceptors (Lipinski definition) is 10. The molecule has 6 N–H and O–H groups in total. The van der Waals surface area contributed by atoms with Gasteiger partial charge in [0, 0.05) is 12.1 Å². The minimum Gasteiger partial charge on any atom is -0.394 e. The molecule has 0 amide bonds. The van der Waals surface area contributed by atoms with Crippen molar-refractivity contribution in [2.45, 2.75) is 32.8 Å². The molecule has 3 aromatic heterocycles. The number of nitrogens with zero attached hydrogens (tertiary/aromatic N) is 6. The first-order valence-electron chi connectivity index (χ1n) is 8.67. The molecule has 1 unspecified atom stereocenters. The Morgan fingerprint density at radius 3 is 2.79 bits per heavy atom. The highest BCUT2D eigenvalue weighted by Crippen LogP contribution is 2.36. The van der Waals surface area contributed by atoms with Crippen LogP contribution in [0.3, 0.4) is 0 Å². The maximum atomic E-state index is 11.7. The molecule has 0 bridgehead atoms. The Balaban J connectivity index is 0.00000240. The van der Waals surface area contributed by atoms with Crippen molar-refractivity contribution in [3.63, 3.8) is 0 Å². The lowest BCUT2D eigenvalue weighted by molar-refractivity contribution is -0.0447. The molecule has 1 saturated heterocycles. The van der Waals surface area contributed by atoms with E-state index in [4.69, 9.17) is 16.2 Å². The molecule has 0 aliphatic carbocycles. The standard InChI is InChI=1S/C16H20N8O4.CH4/c1-7-12(27)10(5-25)28-15(7)23-6-19-11-13(18)21-16(22-14(11)23)24-4-8(3-20-24)9(26)2-17;/h3-4,6-7,10,12,15,25,27H,2,5,17H2,1H3,(H2,18,21,22);1H4/t7?,10-,12+,15-;/m1./s1. The molecule has 0 saturated carbocycles. The van der Waals surface area contributed by atoms with Gasteiger partial charge in [-0.05, 0) is 0 Å². The van der Waals surface area contributed by atoms with Gasteiger partial charge in [-0.2, -0.15) is 15.1 Å². The Morgan fingerprint density at radius 1 is 1.38 bits per heavy atom. The number of carbonyl (C=O) groups is 1. The maximum Gasteiger partial charge on any atom is 0.254 e. The monoisotopic (exact) mass is 404 g/mol. The number of ether oxygens (including phenoxy) is 1. The third kappa shape index (κ3) is 3.35. The first-order valence-corrected chi connectivity index (χ1v) is 8.67. The zero-order valence-corrected chi connectivity index (χ0v) is 15.0. The number of fused-ring (bicyclic) bond motifs is 1. The number of anilines is 1. The Morgan fingerprint density at radius 2 is 2.14 bits per heavy atom. The van der Waals surface area contributed by atoms with Gasteiger partial charge >= 0.3 is 0 Å². The minimum atomic E-state index is -0.831. The number of hydrogen-bond donors (Lipinski definition) is 4. The molecule has 4 rings (SSSR count). The molecule has 0 spiro atoms. The summed E-state index contributed by atoms with van der Waals surface area (Å²) in [5, 5.41) is 23.7. The number of carbonyl (C=O) groups excluding carboxylic acids is 1. The molecule has 4 atom stereocenters. The summed E-state index contributed by atoms with van der Waals surface area (Å²) in [7, 11) is 0. The third-order valence-electron chi connectivity index (χ3n) is 4.87. The highest BCUT2D eigenvalue weighted by atomic mass is 16.5. The van der Waals surface area contributed by atoms with E-state index in [9.17, 15) is 15.0 Å². The first kappa shape index (κ1) is 20.8. The van der Waals surface area contributed by atoms with E-state index in [1.165, 1.54) is 23.4 Å². The van der Waals surface area contributed by atoms with E-state index in [2.05, 4.69) is 20.1 Å². The number of aliphatic hydroxyl groups excluding tert-OH is 2. The molecule has 1 aliphatic heterocycles. The summed E-state index contributed by atoms with van der Waals surface area (Å²) in [6, 6.07) is 0. The second-order valence-corrected chi connectivity index (χ2v) is 6.63. The quantitative estimate of drug-likeness (QED) is 0.395. The average molecular weight is 404 g/mol. The Hall–Kier alpha value is -2.93. The van der Waals surface area contributed by atoms with Crippen molar-refractivity contribution >= 4 is 22.8 Å². The fourth-order valence-corrected chi connectivity index (χ4v) is 3.27. The first-order chi connectivity index (χ1) is 13.4. The fourth-order valence-electron chi connectivity index (χ4n) is 3.27. The van der Waals surface area contributed by atoms with E-state index in [1.54, 1.807) is 11.5 Å². The normalized spacial score (nSPS) is 24.0. The smallest absolute Gasteiger partial charge is 0.254 e. The summed E-state index contributed by atoms with van der Waals surface area (Å²) >= 11 is 0. The van der Waals surface area contributed by atoms with Crippen LogP contribution in [0.2, 0.25) is 0 Å². The second kappa shape index (κ2) is 7.83. The molecule has 12 heteroatoms. The summed E-state index contributed by atoms with van der Waals surface area (Å²) in [6.45, 7) is 1.37. The maximum absolute atomic E-state index is 11.7. The van der Waals surface area contributed by atoms with Crippen LogP contribution < -0.4 is 11.5 Å². The number of aromatic nitrogens is 6. The number of nitrogen functional groups attached to an aromatic ring is 1. The van der Waals surface area contributed by atoms with Gasteiger partial charge in [-0.1, -0.05) is 14.4 Å². The molecule has 3 aromatic rings. The Labute approximate surface area is 166 Å². The summed E-state index contributed by atoms with van der Waals surface area (Å²) in [5.74, 6) is -0.297. The lowest BCUT2D eigenvalue weighted by Crippen LogP contribution is -2.28. The van der Waals surface area contributed by atoms with Crippen LogP contribution in [-0.2, 0) is 4.74 Å². The number of imidazole rings is 1. The lowest BCUT2D eigenvalue weighted by atomic mass is 10.0. The van der Waals surface area contributed by atoms with Crippen molar-refractivity contribution < 1.29 is 19.7 Å². The molecule has 0 aromatic carbocycles.